The van der Waals surface area contributed by atoms with Gasteiger partial charge in [-0.2, -0.15) is 0 Å². The van der Waals surface area contributed by atoms with Crippen LogP contribution >= 0.6 is 0 Å². The standard InChI is InChI=1S/C21H32O2Si/c1-15(2)17(4)21(5,6)24(22-7,23-8)20-16(3)13-14-18-11-9-10-12-19(18)20/h9-15,17H,1-8H3. The summed E-state index contributed by atoms with van der Waals surface area (Å²) in [4.78, 5) is 0. The lowest BCUT2D eigenvalue weighted by atomic mass is 9.86. The average molecular weight is 345 g/mol. The zero-order valence-electron chi connectivity index (χ0n) is 16.4. The van der Waals surface area contributed by atoms with Crippen molar-refractivity contribution in [2.24, 2.45) is 11.8 Å². The Morgan fingerprint density at radius 3 is 2.04 bits per heavy atom. The van der Waals surface area contributed by atoms with Gasteiger partial charge in [0.05, 0.1) is 0 Å². The Bertz CT molecular complexity index is 702. The predicted octanol–water partition coefficient (Wildman–Crippen LogP) is 5.16. The van der Waals surface area contributed by atoms with Crippen LogP contribution in [0.25, 0.3) is 10.8 Å². The quantitative estimate of drug-likeness (QED) is 0.674. The molecule has 2 nitrogen and oxygen atoms in total. The molecule has 24 heavy (non-hydrogen) atoms. The van der Waals surface area contributed by atoms with Crippen LogP contribution in [0.1, 0.15) is 40.2 Å². The van der Waals surface area contributed by atoms with Gasteiger partial charge in [-0.15, -0.1) is 0 Å². The lowest BCUT2D eigenvalue weighted by molar-refractivity contribution is 0.186. The minimum atomic E-state index is -2.68. The highest BCUT2D eigenvalue weighted by Gasteiger charge is 2.56. The number of hydrogen-bond acceptors (Lipinski definition) is 2. The minimum absolute atomic E-state index is 0.0699. The van der Waals surface area contributed by atoms with Crippen molar-refractivity contribution < 1.29 is 8.85 Å². The molecular weight excluding hydrogens is 312 g/mol. The van der Waals surface area contributed by atoms with Crippen molar-refractivity contribution in [1.29, 1.82) is 0 Å². The van der Waals surface area contributed by atoms with Gasteiger partial charge in [-0.05, 0) is 35.1 Å². The summed E-state index contributed by atoms with van der Waals surface area (Å²) in [6.07, 6.45) is 0. The molecule has 0 saturated carbocycles. The second-order valence-electron chi connectivity index (χ2n) is 7.76. The van der Waals surface area contributed by atoms with E-state index < -0.39 is 8.56 Å². The van der Waals surface area contributed by atoms with Crippen LogP contribution in [0.5, 0.6) is 0 Å². The molecule has 0 aliphatic carbocycles. The highest BCUT2D eigenvalue weighted by atomic mass is 28.4. The molecule has 1 atom stereocenters. The third kappa shape index (κ3) is 2.83. The predicted molar refractivity (Wildman–Crippen MR) is 106 cm³/mol. The van der Waals surface area contributed by atoms with Gasteiger partial charge in [0, 0.05) is 24.4 Å². The number of aryl methyl sites for hydroxylation is 1. The zero-order valence-corrected chi connectivity index (χ0v) is 17.4. The van der Waals surface area contributed by atoms with Crippen LogP contribution in [-0.4, -0.2) is 22.8 Å². The van der Waals surface area contributed by atoms with Gasteiger partial charge in [0.1, 0.15) is 0 Å². The first-order chi connectivity index (χ1) is 11.2. The van der Waals surface area contributed by atoms with Crippen LogP contribution in [0, 0.1) is 18.8 Å². The Morgan fingerprint density at radius 1 is 0.917 bits per heavy atom. The van der Waals surface area contributed by atoms with Gasteiger partial charge in [0.15, 0.2) is 0 Å². The Morgan fingerprint density at radius 2 is 1.50 bits per heavy atom. The molecular formula is C21H32O2Si. The molecule has 3 heteroatoms. The summed E-state index contributed by atoms with van der Waals surface area (Å²) in [6, 6.07) is 13.0. The third-order valence-corrected chi connectivity index (χ3v) is 10.7. The molecule has 2 rings (SSSR count). The van der Waals surface area contributed by atoms with Gasteiger partial charge in [-0.1, -0.05) is 71.0 Å². The maximum absolute atomic E-state index is 6.31. The van der Waals surface area contributed by atoms with Crippen LogP contribution in [0.2, 0.25) is 5.04 Å². The van der Waals surface area contributed by atoms with Crippen LogP contribution in [0.4, 0.5) is 0 Å². The molecule has 0 radical (unpaired) electrons. The van der Waals surface area contributed by atoms with Gasteiger partial charge in [-0.3, -0.25) is 0 Å². The number of benzene rings is 2. The molecule has 132 valence electrons. The summed E-state index contributed by atoms with van der Waals surface area (Å²) in [7, 11) is 0.968. The monoisotopic (exact) mass is 344 g/mol. The summed E-state index contributed by atoms with van der Waals surface area (Å²) < 4.78 is 12.6. The van der Waals surface area contributed by atoms with Gasteiger partial charge in [0.25, 0.3) is 0 Å². The normalized spacial score (nSPS) is 14.4. The number of fused-ring (bicyclic) bond motifs is 1. The van der Waals surface area contributed by atoms with E-state index in [4.69, 9.17) is 8.85 Å². The van der Waals surface area contributed by atoms with Crippen molar-refractivity contribution in [3.63, 3.8) is 0 Å². The van der Waals surface area contributed by atoms with E-state index >= 15 is 0 Å². The minimum Gasteiger partial charge on any atom is -0.394 e. The van der Waals surface area contributed by atoms with Crippen molar-refractivity contribution in [3.8, 4) is 0 Å². The maximum Gasteiger partial charge on any atom is 0.379 e. The lowest BCUT2D eigenvalue weighted by Crippen LogP contribution is -2.63. The molecule has 0 bridgehead atoms. The van der Waals surface area contributed by atoms with Gasteiger partial charge in [0.2, 0.25) is 0 Å². The van der Waals surface area contributed by atoms with E-state index in [0.717, 1.165) is 0 Å². The van der Waals surface area contributed by atoms with Crippen molar-refractivity contribution in [3.05, 3.63) is 42.0 Å². The van der Waals surface area contributed by atoms with E-state index in [9.17, 15) is 0 Å². The second kappa shape index (κ2) is 6.99. The van der Waals surface area contributed by atoms with E-state index in [1.54, 1.807) is 0 Å². The second-order valence-corrected chi connectivity index (χ2v) is 11.6. The molecule has 2 aromatic carbocycles. The summed E-state index contributed by atoms with van der Waals surface area (Å²) in [5.41, 5.74) is 1.26. The molecule has 0 fully saturated rings. The molecule has 0 aliphatic rings. The average Bonchev–Trinajstić information content (AvgIpc) is 2.56. The SMILES string of the molecule is CO[Si](OC)(c1c(C)ccc2ccccc12)C(C)(C)C(C)C(C)C. The summed E-state index contributed by atoms with van der Waals surface area (Å²) >= 11 is 0. The first kappa shape index (κ1) is 19.2. The molecule has 0 amide bonds. The van der Waals surface area contributed by atoms with Crippen LogP contribution in [-0.2, 0) is 8.85 Å². The molecule has 0 aromatic heterocycles. The zero-order chi connectivity index (χ0) is 18.1. The van der Waals surface area contributed by atoms with E-state index in [1.807, 2.05) is 14.2 Å². The van der Waals surface area contributed by atoms with Gasteiger partial charge >= 0.3 is 8.56 Å². The molecule has 0 N–H and O–H groups in total. The van der Waals surface area contributed by atoms with Crippen molar-refractivity contribution in [2.45, 2.75) is 46.6 Å². The summed E-state index contributed by atoms with van der Waals surface area (Å²) in [5, 5.41) is 3.72. The fourth-order valence-corrected chi connectivity index (χ4v) is 8.48. The molecule has 2 aromatic rings. The van der Waals surface area contributed by atoms with Crippen molar-refractivity contribution in [1.82, 2.24) is 0 Å². The van der Waals surface area contributed by atoms with Crippen LogP contribution in [0.3, 0.4) is 0 Å². The highest BCUT2D eigenvalue weighted by molar-refractivity contribution is 6.86. The Labute approximate surface area is 148 Å². The first-order valence-electron chi connectivity index (χ1n) is 8.82. The van der Waals surface area contributed by atoms with E-state index in [-0.39, 0.29) is 5.04 Å². The Balaban J connectivity index is 2.83. The van der Waals surface area contributed by atoms with Crippen molar-refractivity contribution >= 4 is 24.5 Å². The molecule has 0 heterocycles. The number of hydrogen-bond donors (Lipinski definition) is 0. The fourth-order valence-electron chi connectivity index (χ4n) is 4.09. The lowest BCUT2D eigenvalue weighted by Gasteiger charge is -2.47. The fraction of sp³-hybridized carbons (Fsp3) is 0.524. The topological polar surface area (TPSA) is 18.5 Å². The van der Waals surface area contributed by atoms with Crippen molar-refractivity contribution in [2.75, 3.05) is 14.2 Å². The summed E-state index contributed by atoms with van der Waals surface area (Å²) in [5.74, 6) is 1.04. The largest absolute Gasteiger partial charge is 0.394 e. The molecule has 0 aliphatic heterocycles. The first-order valence-corrected chi connectivity index (χ1v) is 10.6. The Kier molecular flexibility index (Phi) is 5.58. The maximum atomic E-state index is 6.31. The van der Waals surface area contributed by atoms with E-state index in [2.05, 4.69) is 77.9 Å². The summed E-state index contributed by atoms with van der Waals surface area (Å²) in [6.45, 7) is 13.7. The van der Waals surface area contributed by atoms with E-state index in [0.29, 0.717) is 11.8 Å². The number of rotatable bonds is 6. The van der Waals surface area contributed by atoms with E-state index in [1.165, 1.54) is 21.5 Å². The smallest absolute Gasteiger partial charge is 0.379 e. The Hall–Kier alpha value is -1.16. The van der Waals surface area contributed by atoms with Crippen LogP contribution < -0.4 is 5.19 Å². The molecule has 1 unspecified atom stereocenters. The molecule has 0 spiro atoms. The van der Waals surface area contributed by atoms with Crippen LogP contribution in [0.15, 0.2) is 36.4 Å². The third-order valence-electron chi connectivity index (χ3n) is 6.03. The van der Waals surface area contributed by atoms with Gasteiger partial charge in [-0.25, -0.2) is 0 Å². The highest BCUT2D eigenvalue weighted by Crippen LogP contribution is 2.48. The molecule has 0 saturated heterocycles. The van der Waals surface area contributed by atoms with Gasteiger partial charge < -0.3 is 8.85 Å².